The highest BCUT2D eigenvalue weighted by Crippen LogP contribution is 2.21. The van der Waals surface area contributed by atoms with E-state index in [2.05, 4.69) is 15.1 Å². The molecule has 2 heterocycles. The summed E-state index contributed by atoms with van der Waals surface area (Å²) in [6, 6.07) is 7.48. The first kappa shape index (κ1) is 11.3. The fourth-order valence-electron chi connectivity index (χ4n) is 1.72. The quantitative estimate of drug-likeness (QED) is 0.711. The zero-order valence-corrected chi connectivity index (χ0v) is 9.86. The minimum Gasteiger partial charge on any atom is -0.399 e. The van der Waals surface area contributed by atoms with Crippen LogP contribution in [-0.4, -0.2) is 19.7 Å². The summed E-state index contributed by atoms with van der Waals surface area (Å²) in [5, 5.41) is 4.15. The third kappa shape index (κ3) is 2.28. The number of nitrogens with zero attached hydrogens (tertiary/aromatic N) is 4. The summed E-state index contributed by atoms with van der Waals surface area (Å²) in [7, 11) is 0. The van der Waals surface area contributed by atoms with E-state index in [1.54, 1.807) is 12.4 Å². The van der Waals surface area contributed by atoms with Gasteiger partial charge < -0.3 is 5.73 Å². The summed E-state index contributed by atoms with van der Waals surface area (Å²) >= 11 is 0. The first-order chi connectivity index (χ1) is 9.22. The van der Waals surface area contributed by atoms with Crippen LogP contribution in [0.1, 0.15) is 0 Å². The van der Waals surface area contributed by atoms with E-state index >= 15 is 0 Å². The smallest absolute Gasteiger partial charge is 0.250 e. The zero-order valence-electron chi connectivity index (χ0n) is 9.86. The summed E-state index contributed by atoms with van der Waals surface area (Å²) in [6.45, 7) is 0. The van der Waals surface area contributed by atoms with Crippen LogP contribution >= 0.6 is 0 Å². The van der Waals surface area contributed by atoms with Crippen LogP contribution in [0.2, 0.25) is 0 Å². The molecule has 3 rings (SSSR count). The molecule has 0 saturated heterocycles. The van der Waals surface area contributed by atoms with Crippen molar-refractivity contribution in [2.75, 3.05) is 5.73 Å². The van der Waals surface area contributed by atoms with Gasteiger partial charge in [0.15, 0.2) is 5.82 Å². The van der Waals surface area contributed by atoms with Crippen LogP contribution in [0.15, 0.2) is 49.1 Å². The molecule has 0 atom stereocenters. The molecule has 19 heavy (non-hydrogen) atoms. The second kappa shape index (κ2) is 4.49. The lowest BCUT2D eigenvalue weighted by Gasteiger charge is -1.99. The zero-order chi connectivity index (χ0) is 13.2. The molecule has 0 aliphatic rings. The van der Waals surface area contributed by atoms with Gasteiger partial charge in [0.2, 0.25) is 0 Å². The van der Waals surface area contributed by atoms with Gasteiger partial charge in [-0.2, -0.15) is 5.10 Å². The first-order valence-corrected chi connectivity index (χ1v) is 5.61. The van der Waals surface area contributed by atoms with Gasteiger partial charge in [-0.15, -0.1) is 0 Å². The van der Waals surface area contributed by atoms with Crippen molar-refractivity contribution in [2.24, 2.45) is 0 Å². The van der Waals surface area contributed by atoms with Crippen molar-refractivity contribution < 1.29 is 4.39 Å². The molecule has 6 heteroatoms. The second-order valence-electron chi connectivity index (χ2n) is 4.00. The highest BCUT2D eigenvalue weighted by Gasteiger charge is 2.05. The van der Waals surface area contributed by atoms with Gasteiger partial charge in [-0.05, 0) is 17.7 Å². The Kier molecular flexibility index (Phi) is 2.68. The van der Waals surface area contributed by atoms with Crippen molar-refractivity contribution in [3.05, 3.63) is 54.9 Å². The summed E-state index contributed by atoms with van der Waals surface area (Å²) in [5.74, 6) is -0.163. The Labute approximate surface area is 108 Å². The second-order valence-corrected chi connectivity index (χ2v) is 4.00. The summed E-state index contributed by atoms with van der Waals surface area (Å²) in [6.07, 6.45) is 5.65. The lowest BCUT2D eigenvalue weighted by molar-refractivity contribution is 0.608. The Morgan fingerprint density at radius 3 is 2.58 bits per heavy atom. The van der Waals surface area contributed by atoms with Gasteiger partial charge >= 0.3 is 0 Å². The topological polar surface area (TPSA) is 69.6 Å². The standard InChI is InChI=1S/C13H10FN5/c14-11-6-16-13(17-7-11)19-8-10(5-18-19)9-2-1-3-12(15)4-9/h1-8H,15H2. The number of aromatic nitrogens is 4. The van der Waals surface area contributed by atoms with E-state index in [1.807, 2.05) is 24.3 Å². The molecule has 3 aromatic rings. The van der Waals surface area contributed by atoms with Crippen molar-refractivity contribution in [2.45, 2.75) is 0 Å². The first-order valence-electron chi connectivity index (χ1n) is 5.61. The number of nitrogens with two attached hydrogens (primary N) is 1. The van der Waals surface area contributed by atoms with Crippen molar-refractivity contribution in [1.29, 1.82) is 0 Å². The molecule has 2 N–H and O–H groups in total. The van der Waals surface area contributed by atoms with E-state index in [1.165, 1.54) is 4.68 Å². The summed E-state index contributed by atoms with van der Waals surface area (Å²) in [5.41, 5.74) is 8.26. The predicted molar refractivity (Wildman–Crippen MR) is 69.0 cm³/mol. The maximum absolute atomic E-state index is 12.7. The third-order valence-electron chi connectivity index (χ3n) is 2.61. The normalized spacial score (nSPS) is 10.6. The molecule has 0 unspecified atom stereocenters. The molecule has 0 radical (unpaired) electrons. The fourth-order valence-corrected chi connectivity index (χ4v) is 1.72. The van der Waals surface area contributed by atoms with Crippen LogP contribution in [0.25, 0.3) is 17.1 Å². The molecule has 0 aliphatic carbocycles. The van der Waals surface area contributed by atoms with Crippen LogP contribution in [0, 0.1) is 5.82 Å². The fraction of sp³-hybridized carbons (Fsp3) is 0. The number of halogens is 1. The Hall–Kier alpha value is -2.76. The minimum absolute atomic E-state index is 0.316. The van der Waals surface area contributed by atoms with Crippen molar-refractivity contribution >= 4 is 5.69 Å². The van der Waals surface area contributed by atoms with Crippen LogP contribution in [-0.2, 0) is 0 Å². The van der Waals surface area contributed by atoms with E-state index in [9.17, 15) is 4.39 Å². The molecule has 5 nitrogen and oxygen atoms in total. The third-order valence-corrected chi connectivity index (χ3v) is 2.61. The van der Waals surface area contributed by atoms with Gasteiger partial charge in [0.25, 0.3) is 5.95 Å². The SMILES string of the molecule is Nc1cccc(-c2cnn(-c3ncc(F)cn3)c2)c1. The molecule has 1 aromatic carbocycles. The van der Waals surface area contributed by atoms with Gasteiger partial charge in [-0.3, -0.25) is 0 Å². The van der Waals surface area contributed by atoms with Crippen LogP contribution < -0.4 is 5.73 Å². The molecule has 94 valence electrons. The molecule has 0 amide bonds. The number of benzene rings is 1. The van der Waals surface area contributed by atoms with Crippen LogP contribution in [0.5, 0.6) is 0 Å². The Bertz CT molecular complexity index is 705. The number of anilines is 1. The van der Waals surface area contributed by atoms with E-state index in [4.69, 9.17) is 5.73 Å². The van der Waals surface area contributed by atoms with E-state index < -0.39 is 5.82 Å². The molecule has 0 aliphatic heterocycles. The molecule has 0 bridgehead atoms. The van der Waals surface area contributed by atoms with Gasteiger partial charge in [0.05, 0.1) is 18.6 Å². The highest BCUT2D eigenvalue weighted by molar-refractivity contribution is 5.66. The number of hydrogen-bond acceptors (Lipinski definition) is 4. The van der Waals surface area contributed by atoms with E-state index in [0.29, 0.717) is 11.6 Å². The Balaban J connectivity index is 1.97. The molecular formula is C13H10FN5. The molecule has 2 aromatic heterocycles. The van der Waals surface area contributed by atoms with Gasteiger partial charge in [0.1, 0.15) is 0 Å². The highest BCUT2D eigenvalue weighted by atomic mass is 19.1. The number of nitrogen functional groups attached to an aromatic ring is 1. The monoisotopic (exact) mass is 255 g/mol. The van der Waals surface area contributed by atoms with Gasteiger partial charge in [0, 0.05) is 17.4 Å². The Morgan fingerprint density at radius 1 is 1.05 bits per heavy atom. The predicted octanol–water partition coefficient (Wildman–Crippen LogP) is 2.05. The largest absolute Gasteiger partial charge is 0.399 e. The van der Waals surface area contributed by atoms with Crippen LogP contribution in [0.4, 0.5) is 10.1 Å². The van der Waals surface area contributed by atoms with Crippen molar-refractivity contribution in [3.63, 3.8) is 0 Å². The average molecular weight is 255 g/mol. The van der Waals surface area contributed by atoms with Gasteiger partial charge in [-0.1, -0.05) is 12.1 Å². The maximum atomic E-state index is 12.7. The molecule has 0 saturated carbocycles. The van der Waals surface area contributed by atoms with Gasteiger partial charge in [-0.25, -0.2) is 19.0 Å². The number of rotatable bonds is 2. The Morgan fingerprint density at radius 2 is 1.84 bits per heavy atom. The van der Waals surface area contributed by atoms with Crippen LogP contribution in [0.3, 0.4) is 0 Å². The summed E-state index contributed by atoms with van der Waals surface area (Å²) in [4.78, 5) is 7.73. The van der Waals surface area contributed by atoms with Crippen molar-refractivity contribution in [1.82, 2.24) is 19.7 Å². The average Bonchev–Trinajstić information content (AvgIpc) is 2.89. The lowest BCUT2D eigenvalue weighted by atomic mass is 10.1. The lowest BCUT2D eigenvalue weighted by Crippen LogP contribution is -2.00. The molecular weight excluding hydrogens is 245 g/mol. The maximum Gasteiger partial charge on any atom is 0.250 e. The van der Waals surface area contributed by atoms with E-state index in [0.717, 1.165) is 23.5 Å². The molecule has 0 fully saturated rings. The minimum atomic E-state index is -0.480. The number of hydrogen-bond donors (Lipinski definition) is 1. The van der Waals surface area contributed by atoms with E-state index in [-0.39, 0.29) is 0 Å². The summed E-state index contributed by atoms with van der Waals surface area (Å²) < 4.78 is 14.2. The molecule has 0 spiro atoms. The van der Waals surface area contributed by atoms with Crippen molar-refractivity contribution in [3.8, 4) is 17.1 Å².